The van der Waals surface area contributed by atoms with Gasteiger partial charge in [-0.3, -0.25) is 14.1 Å². The monoisotopic (exact) mass is 763 g/mol. The standard InChI is InChI=1S/C52H39N3OS/c1-35(2)31-39-20-12-26-45-46-29-30-53-49(52(46)57-51(39)45)38-19-11-22-41(32-38)56-42-23-13-21-40(33-42)54-34-55(48-28-10-9-27-47(48)54)50-43(36-15-5-3-6-16-36)24-14-25-44(50)37-17-7-4-8-18-37/h3-30,32-33,35H,31H2,1-2H3/i3D,4D,5D,6D,7D,8D,15D,16D,17D,18D. The van der Waals surface area contributed by atoms with Crippen LogP contribution in [0.4, 0.5) is 0 Å². The second-order valence-electron chi connectivity index (χ2n) is 14.1. The Kier molecular flexibility index (Phi) is 6.53. The smallest absolute Gasteiger partial charge is 0.269 e. The van der Waals surface area contributed by atoms with Crippen LogP contribution in [0.1, 0.15) is 33.1 Å². The molecule has 0 aliphatic heterocycles. The van der Waals surface area contributed by atoms with E-state index in [2.05, 4.69) is 44.4 Å². The van der Waals surface area contributed by atoms with Gasteiger partial charge in [-0.2, -0.15) is 0 Å². The number of thiophene rings is 1. The van der Waals surface area contributed by atoms with Gasteiger partial charge in [0.2, 0.25) is 0 Å². The quantitative estimate of drug-likeness (QED) is 0.108. The van der Waals surface area contributed by atoms with Crippen LogP contribution in [0.5, 0.6) is 11.5 Å². The molecule has 0 radical (unpaired) electrons. The first-order valence-corrected chi connectivity index (χ1v) is 19.5. The summed E-state index contributed by atoms with van der Waals surface area (Å²) in [5.74, 6) is 1.65. The van der Waals surface area contributed by atoms with Crippen LogP contribution in [0.15, 0.2) is 182 Å². The SMILES string of the molecule is [2H]c1c([2H])c([2H])c(-c2cccc(-c3c([2H])c([2H])c([2H])c([2H])c3[2H])c2-[n+]2[c-]n(-c3cccc(Oc4cccc(-c5nccc6c5sc5c(CC(C)C)cccc56)c4)c3)c3ccccc32)c([2H])c1[2H]. The van der Waals surface area contributed by atoms with Crippen LogP contribution in [0.25, 0.3) is 76.1 Å². The van der Waals surface area contributed by atoms with Gasteiger partial charge in [-0.05, 0) is 76.6 Å². The first kappa shape index (κ1) is 25.4. The predicted octanol–water partition coefficient (Wildman–Crippen LogP) is 13.5. The van der Waals surface area contributed by atoms with E-state index in [1.807, 2.05) is 79.0 Å². The van der Waals surface area contributed by atoms with Crippen molar-refractivity contribution in [2.24, 2.45) is 5.92 Å². The van der Waals surface area contributed by atoms with Gasteiger partial charge >= 0.3 is 0 Å². The Balaban J connectivity index is 1.11. The van der Waals surface area contributed by atoms with E-state index in [1.165, 1.54) is 21.0 Å². The number of para-hydroxylation sites is 3. The third-order valence-electron chi connectivity index (χ3n) is 9.90. The molecule has 0 spiro atoms. The molecule has 4 nitrogen and oxygen atoms in total. The van der Waals surface area contributed by atoms with Gasteiger partial charge in [-0.15, -0.1) is 11.3 Å². The Morgan fingerprint density at radius 3 is 2.11 bits per heavy atom. The summed E-state index contributed by atoms with van der Waals surface area (Å²) in [4.78, 5) is 4.87. The Bertz CT molecular complexity index is 3510. The lowest BCUT2D eigenvalue weighted by molar-refractivity contribution is -0.571. The van der Waals surface area contributed by atoms with Crippen LogP contribution in [0.2, 0.25) is 0 Å². The number of rotatable bonds is 9. The molecule has 0 amide bonds. The highest BCUT2D eigenvalue weighted by Crippen LogP contribution is 2.42. The van der Waals surface area contributed by atoms with E-state index in [0.29, 0.717) is 34.1 Å². The maximum absolute atomic E-state index is 8.98. The molecule has 0 aliphatic rings. The van der Waals surface area contributed by atoms with Gasteiger partial charge in [0.15, 0.2) is 0 Å². The molecule has 10 aromatic rings. The van der Waals surface area contributed by atoms with Crippen molar-refractivity contribution in [2.45, 2.75) is 20.3 Å². The fraction of sp³-hybridized carbons (Fsp3) is 0.0769. The summed E-state index contributed by atoms with van der Waals surface area (Å²) in [6, 6.07) is 30.9. The number of hydrogen-bond donors (Lipinski definition) is 0. The molecule has 0 N–H and O–H groups in total. The van der Waals surface area contributed by atoms with Crippen LogP contribution in [-0.2, 0) is 6.42 Å². The number of benzene rings is 7. The molecule has 0 bridgehead atoms. The molecular formula is C52H39N3OS. The van der Waals surface area contributed by atoms with Gasteiger partial charge in [0.25, 0.3) is 6.33 Å². The average Bonchev–Trinajstić information content (AvgIpc) is 3.91. The van der Waals surface area contributed by atoms with E-state index < -0.39 is 60.4 Å². The van der Waals surface area contributed by atoms with Gasteiger partial charge in [0.1, 0.15) is 11.5 Å². The van der Waals surface area contributed by atoms with Crippen molar-refractivity contribution in [2.75, 3.05) is 0 Å². The third-order valence-corrected chi connectivity index (χ3v) is 11.2. The molecule has 0 fully saturated rings. The number of aromatic nitrogens is 3. The van der Waals surface area contributed by atoms with Gasteiger partial charge in [0.05, 0.1) is 46.5 Å². The molecule has 7 aromatic carbocycles. The Morgan fingerprint density at radius 2 is 1.35 bits per heavy atom. The van der Waals surface area contributed by atoms with Crippen molar-refractivity contribution in [1.29, 1.82) is 0 Å². The van der Waals surface area contributed by atoms with Gasteiger partial charge < -0.3 is 4.74 Å². The van der Waals surface area contributed by atoms with Gasteiger partial charge in [0, 0.05) is 27.2 Å². The van der Waals surface area contributed by atoms with Crippen molar-refractivity contribution >= 4 is 42.5 Å². The maximum Gasteiger partial charge on any atom is 0.269 e. The Labute approximate surface area is 350 Å². The summed E-state index contributed by atoms with van der Waals surface area (Å²) >= 11 is 1.77. The molecule has 57 heavy (non-hydrogen) atoms. The molecule has 10 rings (SSSR count). The normalized spacial score (nSPS) is 14.0. The molecule has 0 saturated carbocycles. The summed E-state index contributed by atoms with van der Waals surface area (Å²) in [5, 5.41) is 2.39. The Hall–Kier alpha value is -6.82. The lowest BCUT2D eigenvalue weighted by Gasteiger charge is -2.17. The van der Waals surface area contributed by atoms with Crippen LogP contribution in [-0.4, -0.2) is 9.55 Å². The van der Waals surface area contributed by atoms with Crippen molar-refractivity contribution in [3.05, 3.63) is 194 Å². The fourth-order valence-corrected chi connectivity index (χ4v) is 8.82. The van der Waals surface area contributed by atoms with Crippen LogP contribution >= 0.6 is 11.3 Å². The highest BCUT2D eigenvalue weighted by molar-refractivity contribution is 7.26. The minimum Gasteiger partial charge on any atom is -0.458 e. The summed E-state index contributed by atoms with van der Waals surface area (Å²) in [7, 11) is 0. The second kappa shape index (κ2) is 14.7. The first-order chi connectivity index (χ1) is 32.2. The molecule has 3 heterocycles. The highest BCUT2D eigenvalue weighted by Gasteiger charge is 2.20. The lowest BCUT2D eigenvalue weighted by atomic mass is 9.95. The second-order valence-corrected chi connectivity index (χ2v) is 15.1. The largest absolute Gasteiger partial charge is 0.458 e. The van der Waals surface area contributed by atoms with Crippen molar-refractivity contribution in [3.8, 4) is 56.4 Å². The molecule has 0 aliphatic carbocycles. The maximum atomic E-state index is 8.98. The van der Waals surface area contributed by atoms with Crippen molar-refractivity contribution < 1.29 is 23.0 Å². The van der Waals surface area contributed by atoms with Crippen LogP contribution in [0, 0.1) is 12.2 Å². The zero-order chi connectivity index (χ0) is 47.0. The molecule has 274 valence electrons. The van der Waals surface area contributed by atoms with Gasteiger partial charge in [-0.1, -0.05) is 153 Å². The molecule has 0 saturated heterocycles. The van der Waals surface area contributed by atoms with E-state index in [0.717, 1.165) is 22.4 Å². The number of ether oxygens (including phenoxy) is 1. The topological polar surface area (TPSA) is 30.9 Å². The number of hydrogen-bond acceptors (Lipinski definition) is 3. The molecule has 0 atom stereocenters. The summed E-state index contributed by atoms with van der Waals surface area (Å²) in [6.45, 7) is 4.47. The fourth-order valence-electron chi connectivity index (χ4n) is 7.49. The van der Waals surface area contributed by atoms with E-state index in [1.54, 1.807) is 38.7 Å². The van der Waals surface area contributed by atoms with Crippen molar-refractivity contribution in [3.63, 3.8) is 0 Å². The highest BCUT2D eigenvalue weighted by atomic mass is 32.1. The van der Waals surface area contributed by atoms with E-state index in [-0.39, 0.29) is 27.9 Å². The summed E-state index contributed by atoms with van der Waals surface area (Å²) in [5.41, 5.74) is 5.26. The molecule has 5 heteroatoms. The average molecular weight is 764 g/mol. The Morgan fingerprint density at radius 1 is 0.684 bits per heavy atom. The van der Waals surface area contributed by atoms with E-state index in [4.69, 9.17) is 23.4 Å². The predicted molar refractivity (Wildman–Crippen MR) is 236 cm³/mol. The van der Waals surface area contributed by atoms with Crippen LogP contribution in [0.3, 0.4) is 0 Å². The first-order valence-electron chi connectivity index (χ1n) is 23.6. The summed E-state index contributed by atoms with van der Waals surface area (Å²) < 4.78 is 99.1. The number of pyridine rings is 1. The molecular weight excluding hydrogens is 715 g/mol. The minimum atomic E-state index is -0.562. The number of imidazole rings is 1. The zero-order valence-electron chi connectivity index (χ0n) is 41.0. The zero-order valence-corrected chi connectivity index (χ0v) is 31.8. The third kappa shape index (κ3) is 6.46. The molecule has 0 unspecified atom stereocenters. The van der Waals surface area contributed by atoms with Crippen molar-refractivity contribution in [1.82, 2.24) is 9.55 Å². The van der Waals surface area contributed by atoms with Crippen LogP contribution < -0.4 is 9.30 Å². The van der Waals surface area contributed by atoms with E-state index >= 15 is 0 Å². The lowest BCUT2D eigenvalue weighted by Crippen LogP contribution is -2.31. The molecule has 3 aromatic heterocycles. The van der Waals surface area contributed by atoms with Gasteiger partial charge in [-0.25, -0.2) is 0 Å². The minimum absolute atomic E-state index is 0.125. The number of fused-ring (bicyclic) bond motifs is 4. The summed E-state index contributed by atoms with van der Waals surface area (Å²) in [6.07, 6.45) is 6.28. The number of nitrogens with zero attached hydrogens (tertiary/aromatic N) is 3. The van der Waals surface area contributed by atoms with E-state index in [9.17, 15) is 0 Å².